The molecule has 3 N–H and O–H groups in total. The second-order valence-corrected chi connectivity index (χ2v) is 6.15. The number of ether oxygens (including phenoxy) is 1. The van der Waals surface area contributed by atoms with Gasteiger partial charge in [0.05, 0.1) is 12.7 Å². The lowest BCUT2D eigenvalue weighted by molar-refractivity contribution is -0.0227. The zero-order chi connectivity index (χ0) is 17.3. The van der Waals surface area contributed by atoms with Crippen molar-refractivity contribution in [2.45, 2.75) is 24.7 Å². The van der Waals surface area contributed by atoms with Crippen molar-refractivity contribution >= 4 is 22.4 Å². The van der Waals surface area contributed by atoms with E-state index in [-0.39, 0.29) is 18.2 Å². The van der Waals surface area contributed by atoms with E-state index in [1.54, 1.807) is 0 Å². The number of halogens is 2. The number of hydrogen-bond acceptors (Lipinski definition) is 7. The molecule has 128 valence electrons. The Morgan fingerprint density at radius 3 is 2.71 bits per heavy atom. The van der Waals surface area contributed by atoms with Gasteiger partial charge in [0, 0.05) is 6.42 Å². The zero-order valence-corrected chi connectivity index (χ0v) is 13.0. The summed E-state index contributed by atoms with van der Waals surface area (Å²) < 4.78 is 32.6. The predicted octanol–water partition coefficient (Wildman–Crippen LogP) is 1.25. The predicted molar refractivity (Wildman–Crippen MR) is 79.5 cm³/mol. The van der Waals surface area contributed by atoms with Crippen LogP contribution in [0.4, 0.5) is 13.9 Å². The minimum absolute atomic E-state index is 0.0446. The van der Waals surface area contributed by atoms with E-state index in [0.29, 0.717) is 5.01 Å². The van der Waals surface area contributed by atoms with Crippen LogP contribution in [-0.4, -0.2) is 45.1 Å². The molecule has 0 saturated carbocycles. The van der Waals surface area contributed by atoms with Gasteiger partial charge < -0.3 is 14.9 Å². The van der Waals surface area contributed by atoms with Gasteiger partial charge in [0.25, 0.3) is 5.91 Å². The van der Waals surface area contributed by atoms with Crippen molar-refractivity contribution in [3.8, 4) is 0 Å². The summed E-state index contributed by atoms with van der Waals surface area (Å²) in [6, 6.07) is 3.11. The summed E-state index contributed by atoms with van der Waals surface area (Å²) in [5.74, 6) is -2.94. The van der Waals surface area contributed by atoms with Crippen molar-refractivity contribution in [2.75, 3.05) is 11.9 Å². The van der Waals surface area contributed by atoms with Crippen LogP contribution in [-0.2, 0) is 4.74 Å². The first-order valence-corrected chi connectivity index (χ1v) is 7.84. The third-order valence-electron chi connectivity index (χ3n) is 3.53. The quantitative estimate of drug-likeness (QED) is 0.761. The molecule has 1 fully saturated rings. The van der Waals surface area contributed by atoms with Gasteiger partial charge in [-0.3, -0.25) is 10.1 Å². The summed E-state index contributed by atoms with van der Waals surface area (Å²) in [6.07, 6.45) is -1.86. The standard InChI is InChI=1S/C14H13F2N3O4S/c15-6-2-1-3-7(16)11(6)12(22)17-14-19-18-13(24-14)9-4-8(21)10(5-20)23-9/h1-3,8-10,20-21H,4-5H2,(H,17,19,22)/t8-,9-,10+/m0/s1. The minimum atomic E-state index is -0.981. The Labute approximate surface area is 138 Å². The van der Waals surface area contributed by atoms with Crippen LogP contribution in [0.1, 0.15) is 27.9 Å². The molecule has 10 heteroatoms. The number of benzene rings is 1. The van der Waals surface area contributed by atoms with Gasteiger partial charge >= 0.3 is 0 Å². The SMILES string of the molecule is O=C(Nc1nnc([C@@H]2C[C@H](O)[C@@H](CO)O2)s1)c1c(F)cccc1F. The van der Waals surface area contributed by atoms with Crippen LogP contribution in [0.25, 0.3) is 0 Å². The van der Waals surface area contributed by atoms with E-state index in [9.17, 15) is 18.7 Å². The Bertz CT molecular complexity index is 737. The fourth-order valence-electron chi connectivity index (χ4n) is 2.34. The lowest BCUT2D eigenvalue weighted by Crippen LogP contribution is -2.24. The average molecular weight is 357 g/mol. The number of amides is 1. The largest absolute Gasteiger partial charge is 0.394 e. The lowest BCUT2D eigenvalue weighted by Gasteiger charge is -2.09. The van der Waals surface area contributed by atoms with Crippen LogP contribution in [0.3, 0.4) is 0 Å². The molecule has 1 aliphatic rings. The summed E-state index contributed by atoms with van der Waals surface area (Å²) in [4.78, 5) is 12.0. The van der Waals surface area contributed by atoms with Crippen LogP contribution in [0.15, 0.2) is 18.2 Å². The topological polar surface area (TPSA) is 105 Å². The van der Waals surface area contributed by atoms with Gasteiger partial charge in [0.1, 0.15) is 34.4 Å². The van der Waals surface area contributed by atoms with Crippen molar-refractivity contribution in [1.82, 2.24) is 10.2 Å². The van der Waals surface area contributed by atoms with Crippen LogP contribution < -0.4 is 5.32 Å². The zero-order valence-electron chi connectivity index (χ0n) is 12.1. The van der Waals surface area contributed by atoms with Crippen molar-refractivity contribution in [3.05, 3.63) is 40.4 Å². The smallest absolute Gasteiger partial charge is 0.263 e. The molecule has 0 spiro atoms. The number of carbonyl (C=O) groups is 1. The van der Waals surface area contributed by atoms with E-state index < -0.39 is 41.4 Å². The van der Waals surface area contributed by atoms with Crippen LogP contribution in [0.2, 0.25) is 0 Å². The molecule has 0 radical (unpaired) electrons. The van der Waals surface area contributed by atoms with Crippen molar-refractivity contribution in [1.29, 1.82) is 0 Å². The molecule has 7 nitrogen and oxygen atoms in total. The van der Waals surface area contributed by atoms with Crippen LogP contribution >= 0.6 is 11.3 Å². The minimum Gasteiger partial charge on any atom is -0.394 e. The number of carbonyl (C=O) groups excluding carboxylic acids is 1. The molecule has 1 saturated heterocycles. The van der Waals surface area contributed by atoms with Crippen LogP contribution in [0, 0.1) is 11.6 Å². The second kappa shape index (κ2) is 6.85. The summed E-state index contributed by atoms with van der Waals surface area (Å²) in [5.41, 5.74) is -0.706. The molecule has 1 aromatic carbocycles. The monoisotopic (exact) mass is 357 g/mol. The van der Waals surface area contributed by atoms with E-state index in [1.165, 1.54) is 0 Å². The fraction of sp³-hybridized carbons (Fsp3) is 0.357. The number of hydrogen-bond donors (Lipinski definition) is 3. The van der Waals surface area contributed by atoms with Gasteiger partial charge in [-0.25, -0.2) is 8.78 Å². The molecule has 3 atom stereocenters. The maximum Gasteiger partial charge on any atom is 0.263 e. The van der Waals surface area contributed by atoms with E-state index in [4.69, 9.17) is 9.84 Å². The van der Waals surface area contributed by atoms with Gasteiger partial charge in [0.15, 0.2) is 0 Å². The van der Waals surface area contributed by atoms with E-state index >= 15 is 0 Å². The number of anilines is 1. The highest BCUT2D eigenvalue weighted by atomic mass is 32.1. The third-order valence-corrected chi connectivity index (χ3v) is 4.46. The first kappa shape index (κ1) is 16.8. The van der Waals surface area contributed by atoms with E-state index in [0.717, 1.165) is 29.5 Å². The van der Waals surface area contributed by atoms with E-state index in [2.05, 4.69) is 15.5 Å². The Balaban J connectivity index is 1.72. The number of nitrogens with one attached hydrogen (secondary N) is 1. The first-order valence-electron chi connectivity index (χ1n) is 7.02. The van der Waals surface area contributed by atoms with Gasteiger partial charge in [-0.05, 0) is 12.1 Å². The molecule has 2 heterocycles. The molecule has 0 unspecified atom stereocenters. The maximum atomic E-state index is 13.6. The summed E-state index contributed by atoms with van der Waals surface area (Å²) in [6.45, 7) is -0.327. The van der Waals surface area contributed by atoms with Gasteiger partial charge in [-0.1, -0.05) is 17.4 Å². The highest BCUT2D eigenvalue weighted by molar-refractivity contribution is 7.15. The number of nitrogens with zero attached hydrogens (tertiary/aromatic N) is 2. The highest BCUT2D eigenvalue weighted by Gasteiger charge is 2.36. The molecule has 2 aromatic rings. The molecular weight excluding hydrogens is 344 g/mol. The Morgan fingerprint density at radius 1 is 1.38 bits per heavy atom. The fourth-order valence-corrected chi connectivity index (χ4v) is 3.13. The molecular formula is C14H13F2N3O4S. The second-order valence-electron chi connectivity index (χ2n) is 5.15. The van der Waals surface area contributed by atoms with Crippen molar-refractivity contribution < 1.29 is 28.5 Å². The van der Waals surface area contributed by atoms with Crippen molar-refractivity contribution in [3.63, 3.8) is 0 Å². The first-order chi connectivity index (χ1) is 11.5. The highest BCUT2D eigenvalue weighted by Crippen LogP contribution is 2.35. The summed E-state index contributed by atoms with van der Waals surface area (Å²) >= 11 is 0.963. The third kappa shape index (κ3) is 3.26. The average Bonchev–Trinajstić information content (AvgIpc) is 3.13. The molecule has 24 heavy (non-hydrogen) atoms. The van der Waals surface area contributed by atoms with Gasteiger partial charge in [-0.2, -0.15) is 0 Å². The Hall–Kier alpha value is -2.01. The van der Waals surface area contributed by atoms with Gasteiger partial charge in [0.2, 0.25) is 5.13 Å². The maximum absolute atomic E-state index is 13.6. The summed E-state index contributed by atoms with van der Waals surface area (Å²) in [5, 5.41) is 29.0. The van der Waals surface area contributed by atoms with Gasteiger partial charge in [-0.15, -0.1) is 10.2 Å². The number of aromatic nitrogens is 2. The molecule has 1 aromatic heterocycles. The number of aliphatic hydroxyl groups is 2. The van der Waals surface area contributed by atoms with Crippen molar-refractivity contribution in [2.24, 2.45) is 0 Å². The lowest BCUT2D eigenvalue weighted by atomic mass is 10.1. The Morgan fingerprint density at radius 2 is 2.08 bits per heavy atom. The molecule has 0 bridgehead atoms. The normalized spacial score (nSPS) is 23.4. The molecule has 0 aliphatic carbocycles. The van der Waals surface area contributed by atoms with Crippen LogP contribution in [0.5, 0.6) is 0 Å². The molecule has 1 aliphatic heterocycles. The molecule has 1 amide bonds. The number of rotatable bonds is 4. The molecule has 3 rings (SSSR count). The number of aliphatic hydroxyl groups excluding tert-OH is 2. The van der Waals surface area contributed by atoms with E-state index in [1.807, 2.05) is 0 Å². The Kier molecular flexibility index (Phi) is 4.81. The summed E-state index contributed by atoms with van der Waals surface area (Å²) in [7, 11) is 0.